The summed E-state index contributed by atoms with van der Waals surface area (Å²) in [5.41, 5.74) is 3.47. The quantitative estimate of drug-likeness (QED) is 0.440. The van der Waals surface area contributed by atoms with E-state index in [0.29, 0.717) is 19.5 Å². The molecule has 2 N–H and O–H groups in total. The molecular formula is C22H28N4O2. The van der Waals surface area contributed by atoms with Gasteiger partial charge in [0.15, 0.2) is 5.96 Å². The average Bonchev–Trinajstić information content (AvgIpc) is 3.18. The van der Waals surface area contributed by atoms with Crippen LogP contribution in [0.1, 0.15) is 24.0 Å². The first-order valence-corrected chi connectivity index (χ1v) is 9.67. The van der Waals surface area contributed by atoms with Gasteiger partial charge in [0.1, 0.15) is 5.75 Å². The number of anilines is 1. The highest BCUT2D eigenvalue weighted by Gasteiger charge is 2.23. The first-order valence-electron chi connectivity index (χ1n) is 9.67. The molecule has 1 aliphatic rings. The molecule has 2 aromatic carbocycles. The van der Waals surface area contributed by atoms with Crippen LogP contribution in [0.3, 0.4) is 0 Å². The highest BCUT2D eigenvalue weighted by Crippen LogP contribution is 2.27. The number of ether oxygens (including phenoxy) is 1. The molecule has 1 heterocycles. The third kappa shape index (κ3) is 5.03. The van der Waals surface area contributed by atoms with Gasteiger partial charge in [-0.3, -0.25) is 9.79 Å². The Morgan fingerprint density at radius 2 is 1.93 bits per heavy atom. The third-order valence-corrected chi connectivity index (χ3v) is 4.89. The minimum Gasteiger partial charge on any atom is -0.497 e. The van der Waals surface area contributed by atoms with Crippen molar-refractivity contribution in [1.29, 1.82) is 0 Å². The summed E-state index contributed by atoms with van der Waals surface area (Å²) in [6.45, 7) is 2.16. The number of nitrogens with one attached hydrogen (secondary N) is 2. The summed E-state index contributed by atoms with van der Waals surface area (Å²) in [6.07, 6.45) is 2.24. The fourth-order valence-electron chi connectivity index (χ4n) is 3.33. The molecule has 0 atom stereocenters. The molecule has 1 amide bonds. The van der Waals surface area contributed by atoms with Crippen molar-refractivity contribution >= 4 is 17.6 Å². The number of nitrogens with zero attached hydrogens (tertiary/aromatic N) is 2. The summed E-state index contributed by atoms with van der Waals surface area (Å²) in [4.78, 5) is 18.7. The van der Waals surface area contributed by atoms with E-state index in [-0.39, 0.29) is 5.91 Å². The smallest absolute Gasteiger partial charge is 0.227 e. The van der Waals surface area contributed by atoms with E-state index in [0.717, 1.165) is 42.3 Å². The molecule has 0 aliphatic carbocycles. The molecule has 2 aromatic rings. The van der Waals surface area contributed by atoms with Crippen LogP contribution in [-0.4, -0.2) is 39.1 Å². The standard InChI is InChI=1S/C22H28N4O2/c1-23-22(25-16-17-9-11-19(28-2)12-10-17)24-14-5-8-21(27)26-15-13-18-6-3-4-7-20(18)26/h3-4,6-7,9-12H,5,8,13-16H2,1-2H3,(H2,23,24,25). The lowest BCUT2D eigenvalue weighted by Crippen LogP contribution is -2.37. The van der Waals surface area contributed by atoms with E-state index in [9.17, 15) is 4.79 Å². The fourth-order valence-corrected chi connectivity index (χ4v) is 3.33. The Balaban J connectivity index is 1.38. The van der Waals surface area contributed by atoms with Crippen molar-refractivity contribution in [3.05, 3.63) is 59.7 Å². The molecule has 28 heavy (non-hydrogen) atoms. The number of aliphatic imine (C=N–C) groups is 1. The summed E-state index contributed by atoms with van der Waals surface area (Å²) in [7, 11) is 3.40. The normalized spacial score (nSPS) is 13.2. The number of methoxy groups -OCH3 is 1. The van der Waals surface area contributed by atoms with Crippen LogP contribution in [0.2, 0.25) is 0 Å². The number of carbonyl (C=O) groups excluding carboxylic acids is 1. The van der Waals surface area contributed by atoms with Gasteiger partial charge in [0.2, 0.25) is 5.91 Å². The van der Waals surface area contributed by atoms with Crippen LogP contribution >= 0.6 is 0 Å². The van der Waals surface area contributed by atoms with E-state index in [4.69, 9.17) is 4.74 Å². The molecule has 0 saturated carbocycles. The Bertz CT molecular complexity index is 818. The number of para-hydroxylation sites is 1. The van der Waals surface area contributed by atoms with Crippen molar-refractivity contribution in [2.75, 3.05) is 32.1 Å². The van der Waals surface area contributed by atoms with Gasteiger partial charge in [-0.25, -0.2) is 0 Å². The van der Waals surface area contributed by atoms with Crippen LogP contribution in [0.15, 0.2) is 53.5 Å². The molecule has 0 radical (unpaired) electrons. The Hall–Kier alpha value is -3.02. The van der Waals surface area contributed by atoms with Crippen LogP contribution in [0.25, 0.3) is 0 Å². The molecule has 0 fully saturated rings. The highest BCUT2D eigenvalue weighted by atomic mass is 16.5. The van der Waals surface area contributed by atoms with Crippen molar-refractivity contribution < 1.29 is 9.53 Å². The number of rotatable bonds is 7. The summed E-state index contributed by atoms with van der Waals surface area (Å²) in [5, 5.41) is 6.55. The number of fused-ring (bicyclic) bond motifs is 1. The van der Waals surface area contributed by atoms with E-state index in [1.54, 1.807) is 14.2 Å². The number of hydrogen-bond acceptors (Lipinski definition) is 3. The van der Waals surface area contributed by atoms with Gasteiger partial charge in [-0.05, 0) is 42.2 Å². The topological polar surface area (TPSA) is 66.0 Å². The molecular weight excluding hydrogens is 352 g/mol. The molecule has 148 valence electrons. The minimum absolute atomic E-state index is 0.188. The summed E-state index contributed by atoms with van der Waals surface area (Å²) >= 11 is 0. The molecule has 0 spiro atoms. The van der Waals surface area contributed by atoms with Crippen LogP contribution < -0.4 is 20.3 Å². The lowest BCUT2D eigenvalue weighted by molar-refractivity contribution is -0.118. The summed E-state index contributed by atoms with van der Waals surface area (Å²) in [6, 6.07) is 16.1. The van der Waals surface area contributed by atoms with Crippen LogP contribution in [0.5, 0.6) is 5.75 Å². The number of hydrogen-bond donors (Lipinski definition) is 2. The number of benzene rings is 2. The predicted octanol–water partition coefficient (Wildman–Crippen LogP) is 2.73. The van der Waals surface area contributed by atoms with Crippen molar-refractivity contribution in [1.82, 2.24) is 10.6 Å². The van der Waals surface area contributed by atoms with E-state index < -0.39 is 0 Å². The largest absolute Gasteiger partial charge is 0.497 e. The number of carbonyl (C=O) groups is 1. The maximum atomic E-state index is 12.5. The van der Waals surface area contributed by atoms with Gasteiger partial charge in [0, 0.05) is 38.8 Å². The zero-order valence-electron chi connectivity index (χ0n) is 16.6. The second kappa shape index (κ2) is 9.78. The molecule has 6 nitrogen and oxygen atoms in total. The predicted molar refractivity (Wildman–Crippen MR) is 113 cm³/mol. The van der Waals surface area contributed by atoms with Crippen LogP contribution in [-0.2, 0) is 17.8 Å². The van der Waals surface area contributed by atoms with E-state index in [2.05, 4.69) is 21.7 Å². The Kier molecular flexibility index (Phi) is 6.89. The summed E-state index contributed by atoms with van der Waals surface area (Å²) in [5.74, 6) is 1.76. The molecule has 1 aliphatic heterocycles. The molecule has 3 rings (SSSR count). The van der Waals surface area contributed by atoms with Gasteiger partial charge in [0.25, 0.3) is 0 Å². The maximum absolute atomic E-state index is 12.5. The summed E-state index contributed by atoms with van der Waals surface area (Å²) < 4.78 is 5.17. The second-order valence-corrected chi connectivity index (χ2v) is 6.73. The Morgan fingerprint density at radius 3 is 2.68 bits per heavy atom. The first kappa shape index (κ1) is 19.7. The minimum atomic E-state index is 0.188. The van der Waals surface area contributed by atoms with Gasteiger partial charge >= 0.3 is 0 Å². The van der Waals surface area contributed by atoms with Gasteiger partial charge in [-0.15, -0.1) is 0 Å². The molecule has 0 unspecified atom stereocenters. The van der Waals surface area contributed by atoms with Crippen molar-refractivity contribution in [3.63, 3.8) is 0 Å². The maximum Gasteiger partial charge on any atom is 0.227 e. The molecule has 0 saturated heterocycles. The third-order valence-electron chi connectivity index (χ3n) is 4.89. The van der Waals surface area contributed by atoms with E-state index in [1.165, 1.54) is 5.56 Å². The van der Waals surface area contributed by atoms with E-state index >= 15 is 0 Å². The monoisotopic (exact) mass is 380 g/mol. The Morgan fingerprint density at radius 1 is 1.14 bits per heavy atom. The molecule has 6 heteroatoms. The van der Waals surface area contributed by atoms with Crippen LogP contribution in [0.4, 0.5) is 5.69 Å². The molecule has 0 bridgehead atoms. The zero-order chi connectivity index (χ0) is 19.8. The average molecular weight is 380 g/mol. The Labute approximate surface area is 166 Å². The highest BCUT2D eigenvalue weighted by molar-refractivity contribution is 5.95. The van der Waals surface area contributed by atoms with Crippen molar-refractivity contribution in [2.45, 2.75) is 25.8 Å². The molecule has 0 aromatic heterocycles. The van der Waals surface area contributed by atoms with E-state index in [1.807, 2.05) is 47.4 Å². The SMILES string of the molecule is CN=C(NCCCC(=O)N1CCc2ccccc21)NCc1ccc(OC)cc1. The second-order valence-electron chi connectivity index (χ2n) is 6.73. The van der Waals surface area contributed by atoms with Crippen molar-refractivity contribution in [2.24, 2.45) is 4.99 Å². The number of amides is 1. The van der Waals surface area contributed by atoms with Gasteiger partial charge in [0.05, 0.1) is 7.11 Å². The van der Waals surface area contributed by atoms with Gasteiger partial charge in [-0.2, -0.15) is 0 Å². The van der Waals surface area contributed by atoms with Crippen molar-refractivity contribution in [3.8, 4) is 5.75 Å². The number of guanidine groups is 1. The van der Waals surface area contributed by atoms with Gasteiger partial charge < -0.3 is 20.3 Å². The lowest BCUT2D eigenvalue weighted by atomic mass is 10.2. The fraction of sp³-hybridized carbons (Fsp3) is 0.364. The van der Waals surface area contributed by atoms with Gasteiger partial charge in [-0.1, -0.05) is 30.3 Å². The first-order chi connectivity index (χ1) is 13.7. The van der Waals surface area contributed by atoms with Crippen LogP contribution in [0, 0.1) is 0 Å². The lowest BCUT2D eigenvalue weighted by Gasteiger charge is -2.17. The zero-order valence-corrected chi connectivity index (χ0v) is 16.6.